The standard InChI is InChI=1S/C14H12F2O5/c1-14(2)20-12(18)11(13(19)21-14)10(17)6-7-3-4-8(15)9(16)5-7/h3-5,17H,6H2,1-2H3. The highest BCUT2D eigenvalue weighted by Gasteiger charge is 2.41. The van der Waals surface area contributed by atoms with E-state index in [2.05, 4.69) is 0 Å². The molecule has 1 heterocycles. The van der Waals surface area contributed by atoms with Crippen LogP contribution in [-0.2, 0) is 25.5 Å². The van der Waals surface area contributed by atoms with Gasteiger partial charge in [-0.25, -0.2) is 18.4 Å². The molecule has 0 spiro atoms. The van der Waals surface area contributed by atoms with Crippen molar-refractivity contribution in [3.05, 3.63) is 46.7 Å². The Morgan fingerprint density at radius 1 is 1.14 bits per heavy atom. The Kier molecular flexibility index (Phi) is 3.67. The Morgan fingerprint density at radius 3 is 2.24 bits per heavy atom. The summed E-state index contributed by atoms with van der Waals surface area (Å²) in [6.07, 6.45) is -0.336. The van der Waals surface area contributed by atoms with Crippen molar-refractivity contribution in [3.63, 3.8) is 0 Å². The van der Waals surface area contributed by atoms with Gasteiger partial charge in [-0.3, -0.25) is 0 Å². The zero-order valence-corrected chi connectivity index (χ0v) is 11.3. The highest BCUT2D eigenvalue weighted by molar-refractivity contribution is 6.15. The molecule has 7 heteroatoms. The number of cyclic esters (lactones) is 2. The van der Waals surface area contributed by atoms with E-state index in [1.165, 1.54) is 19.9 Å². The van der Waals surface area contributed by atoms with Gasteiger partial charge in [-0.1, -0.05) is 6.07 Å². The summed E-state index contributed by atoms with van der Waals surface area (Å²) in [5.41, 5.74) is -0.469. The first kappa shape index (κ1) is 15.0. The molecular formula is C14H12F2O5. The minimum atomic E-state index is -1.42. The molecule has 1 aromatic rings. The van der Waals surface area contributed by atoms with E-state index in [9.17, 15) is 23.5 Å². The van der Waals surface area contributed by atoms with Gasteiger partial charge in [0, 0.05) is 20.3 Å². The topological polar surface area (TPSA) is 72.8 Å². The van der Waals surface area contributed by atoms with E-state index in [0.717, 1.165) is 12.1 Å². The van der Waals surface area contributed by atoms with Crippen LogP contribution in [0.3, 0.4) is 0 Å². The third kappa shape index (κ3) is 3.18. The predicted molar refractivity (Wildman–Crippen MR) is 66.0 cm³/mol. The monoisotopic (exact) mass is 298 g/mol. The lowest BCUT2D eigenvalue weighted by Crippen LogP contribution is -2.42. The van der Waals surface area contributed by atoms with Crippen LogP contribution in [0.15, 0.2) is 29.5 Å². The normalized spacial score (nSPS) is 17.2. The molecule has 1 aliphatic rings. The molecule has 5 nitrogen and oxygen atoms in total. The van der Waals surface area contributed by atoms with E-state index in [1.807, 2.05) is 0 Å². The molecule has 0 aliphatic carbocycles. The zero-order chi connectivity index (χ0) is 15.8. The van der Waals surface area contributed by atoms with Crippen LogP contribution >= 0.6 is 0 Å². The molecule has 2 rings (SSSR count). The van der Waals surface area contributed by atoms with Crippen LogP contribution in [0, 0.1) is 11.6 Å². The van der Waals surface area contributed by atoms with Crippen LogP contribution in [0.25, 0.3) is 0 Å². The van der Waals surface area contributed by atoms with Crippen molar-refractivity contribution in [2.45, 2.75) is 26.1 Å². The fourth-order valence-corrected chi connectivity index (χ4v) is 1.82. The van der Waals surface area contributed by atoms with Crippen LogP contribution in [0.5, 0.6) is 0 Å². The number of rotatable bonds is 2. The smallest absolute Gasteiger partial charge is 0.352 e. The molecule has 0 unspecified atom stereocenters. The fraction of sp³-hybridized carbons (Fsp3) is 0.286. The van der Waals surface area contributed by atoms with Gasteiger partial charge in [0.25, 0.3) is 5.79 Å². The number of hydrogen-bond donors (Lipinski definition) is 1. The number of ether oxygens (including phenoxy) is 2. The Hall–Kier alpha value is -2.44. The van der Waals surface area contributed by atoms with Gasteiger partial charge < -0.3 is 14.6 Å². The third-order valence-corrected chi connectivity index (χ3v) is 2.73. The van der Waals surface area contributed by atoms with Crippen LogP contribution in [-0.4, -0.2) is 22.8 Å². The number of aliphatic hydroxyl groups is 1. The van der Waals surface area contributed by atoms with Crippen molar-refractivity contribution in [3.8, 4) is 0 Å². The fourth-order valence-electron chi connectivity index (χ4n) is 1.82. The molecule has 1 saturated heterocycles. The molecule has 0 atom stereocenters. The largest absolute Gasteiger partial charge is 0.511 e. The summed E-state index contributed by atoms with van der Waals surface area (Å²) in [5, 5.41) is 9.86. The Morgan fingerprint density at radius 2 is 1.71 bits per heavy atom. The maximum atomic E-state index is 13.1. The molecule has 1 N–H and O–H groups in total. The summed E-state index contributed by atoms with van der Waals surface area (Å²) < 4.78 is 35.5. The highest BCUT2D eigenvalue weighted by Crippen LogP contribution is 2.25. The van der Waals surface area contributed by atoms with Gasteiger partial charge in [0.15, 0.2) is 17.2 Å². The second-order valence-corrected chi connectivity index (χ2v) is 4.93. The van der Waals surface area contributed by atoms with Crippen molar-refractivity contribution in [1.29, 1.82) is 0 Å². The quantitative estimate of drug-likeness (QED) is 0.392. The lowest BCUT2D eigenvalue weighted by atomic mass is 10.1. The lowest BCUT2D eigenvalue weighted by Gasteiger charge is -2.30. The summed E-state index contributed by atoms with van der Waals surface area (Å²) in [6, 6.07) is 2.96. The highest BCUT2D eigenvalue weighted by atomic mass is 19.2. The summed E-state index contributed by atoms with van der Waals surface area (Å²) in [7, 11) is 0. The maximum absolute atomic E-state index is 13.1. The van der Waals surface area contributed by atoms with E-state index in [1.54, 1.807) is 0 Å². The van der Waals surface area contributed by atoms with Gasteiger partial charge in [0.2, 0.25) is 0 Å². The van der Waals surface area contributed by atoms with Gasteiger partial charge in [-0.05, 0) is 17.7 Å². The molecule has 1 aliphatic heterocycles. The molecule has 1 fully saturated rings. The summed E-state index contributed by atoms with van der Waals surface area (Å²) in [6.45, 7) is 2.73. The number of benzene rings is 1. The van der Waals surface area contributed by atoms with Crippen LogP contribution in [0.2, 0.25) is 0 Å². The Labute approximate surface area is 118 Å². The zero-order valence-electron chi connectivity index (χ0n) is 11.3. The molecule has 0 bridgehead atoms. The van der Waals surface area contributed by atoms with E-state index >= 15 is 0 Å². The number of aliphatic hydroxyl groups excluding tert-OH is 1. The second kappa shape index (κ2) is 5.16. The number of allylic oxidation sites excluding steroid dienone is 1. The maximum Gasteiger partial charge on any atom is 0.352 e. The van der Waals surface area contributed by atoms with Crippen molar-refractivity contribution >= 4 is 11.9 Å². The first-order valence-electron chi connectivity index (χ1n) is 6.02. The van der Waals surface area contributed by atoms with Gasteiger partial charge in [0.05, 0.1) is 0 Å². The van der Waals surface area contributed by atoms with Gasteiger partial charge in [0.1, 0.15) is 5.76 Å². The van der Waals surface area contributed by atoms with Crippen molar-refractivity contribution in [2.24, 2.45) is 0 Å². The summed E-state index contributed by atoms with van der Waals surface area (Å²) in [4.78, 5) is 23.4. The average Bonchev–Trinajstić information content (AvgIpc) is 2.31. The van der Waals surface area contributed by atoms with E-state index in [0.29, 0.717) is 0 Å². The molecule has 112 valence electrons. The predicted octanol–water partition coefficient (Wildman–Crippen LogP) is 2.16. The molecular weight excluding hydrogens is 286 g/mol. The molecule has 0 radical (unpaired) electrons. The number of carbonyl (C=O) groups excluding carboxylic acids is 2. The molecule has 0 amide bonds. The second-order valence-electron chi connectivity index (χ2n) is 4.93. The number of esters is 2. The van der Waals surface area contributed by atoms with Crippen LogP contribution in [0.4, 0.5) is 8.78 Å². The first-order valence-corrected chi connectivity index (χ1v) is 6.02. The lowest BCUT2D eigenvalue weighted by molar-refractivity contribution is -0.222. The SMILES string of the molecule is CC1(C)OC(=O)C(=C(O)Cc2ccc(F)c(F)c2)C(=O)O1. The molecule has 0 aromatic heterocycles. The molecule has 1 aromatic carbocycles. The van der Waals surface area contributed by atoms with Crippen LogP contribution < -0.4 is 0 Å². The average molecular weight is 298 g/mol. The van der Waals surface area contributed by atoms with E-state index in [4.69, 9.17) is 9.47 Å². The first-order chi connectivity index (χ1) is 9.69. The molecule has 21 heavy (non-hydrogen) atoms. The Balaban J connectivity index is 2.28. The minimum absolute atomic E-state index is 0.185. The van der Waals surface area contributed by atoms with Gasteiger partial charge >= 0.3 is 11.9 Å². The Bertz CT molecular complexity index is 627. The van der Waals surface area contributed by atoms with Crippen molar-refractivity contribution in [1.82, 2.24) is 0 Å². The number of hydrogen-bond acceptors (Lipinski definition) is 5. The minimum Gasteiger partial charge on any atom is -0.511 e. The van der Waals surface area contributed by atoms with Gasteiger partial charge in [-0.2, -0.15) is 0 Å². The number of halogens is 2. The molecule has 0 saturated carbocycles. The van der Waals surface area contributed by atoms with Gasteiger partial charge in [-0.15, -0.1) is 0 Å². The summed E-state index contributed by atoms with van der Waals surface area (Å²) >= 11 is 0. The van der Waals surface area contributed by atoms with E-state index in [-0.39, 0.29) is 12.0 Å². The summed E-state index contributed by atoms with van der Waals surface area (Å²) in [5.74, 6) is -6.25. The van der Waals surface area contributed by atoms with Crippen molar-refractivity contribution in [2.75, 3.05) is 0 Å². The van der Waals surface area contributed by atoms with E-state index < -0.39 is 40.7 Å². The third-order valence-electron chi connectivity index (χ3n) is 2.73. The van der Waals surface area contributed by atoms with Crippen LogP contribution in [0.1, 0.15) is 19.4 Å². The van der Waals surface area contributed by atoms with Crippen molar-refractivity contribution < 1.29 is 33.0 Å². The number of carbonyl (C=O) groups is 2.